The quantitative estimate of drug-likeness (QED) is 0.737. The summed E-state index contributed by atoms with van der Waals surface area (Å²) in [5.74, 6) is 2.08. The lowest BCUT2D eigenvalue weighted by Crippen LogP contribution is -2.52. The van der Waals surface area contributed by atoms with Gasteiger partial charge in [0.2, 0.25) is 5.91 Å². The van der Waals surface area contributed by atoms with Crippen molar-refractivity contribution in [3.8, 4) is 17.2 Å². The first-order valence-corrected chi connectivity index (χ1v) is 11.4. The molecule has 0 aliphatic carbocycles. The van der Waals surface area contributed by atoms with E-state index < -0.39 is 5.41 Å². The van der Waals surface area contributed by atoms with Gasteiger partial charge in [0.1, 0.15) is 31.0 Å². The number of hydrogen-bond acceptors (Lipinski definition) is 6. The van der Waals surface area contributed by atoms with Gasteiger partial charge in [-0.25, -0.2) is 0 Å². The zero-order valence-corrected chi connectivity index (χ0v) is 18.5. The van der Waals surface area contributed by atoms with E-state index in [9.17, 15) is 4.79 Å². The van der Waals surface area contributed by atoms with E-state index in [1.165, 1.54) is 0 Å². The van der Waals surface area contributed by atoms with Crippen molar-refractivity contribution in [3.05, 3.63) is 47.5 Å². The van der Waals surface area contributed by atoms with Crippen LogP contribution in [0.3, 0.4) is 0 Å². The van der Waals surface area contributed by atoms with E-state index in [2.05, 4.69) is 18.7 Å². The molecule has 7 heteroatoms. The van der Waals surface area contributed by atoms with Crippen LogP contribution in [0, 0.1) is 0 Å². The molecule has 0 saturated carbocycles. The standard InChI is InChI=1S/C25H28N2O5/c1-16(2)26-7-8-29-17(13-26)14-27-20-6-4-3-5-18(20)25(24(27)28)15-32-21-12-23-22(11-19(21)25)30-9-10-31-23/h3-6,11-12,16-17H,7-10,13-15H2,1-2H3. The zero-order chi connectivity index (χ0) is 21.9. The maximum atomic E-state index is 14.1. The molecule has 0 aromatic heterocycles. The molecule has 1 fully saturated rings. The summed E-state index contributed by atoms with van der Waals surface area (Å²) in [6.45, 7) is 8.66. The van der Waals surface area contributed by atoms with Crippen LogP contribution in [-0.4, -0.2) is 69.0 Å². The first kappa shape index (κ1) is 19.9. The van der Waals surface area contributed by atoms with Gasteiger partial charge in [-0.15, -0.1) is 0 Å². The average molecular weight is 437 g/mol. The third-order valence-corrected chi connectivity index (χ3v) is 7.10. The Morgan fingerprint density at radius 3 is 2.59 bits per heavy atom. The fourth-order valence-corrected chi connectivity index (χ4v) is 5.42. The number of amides is 1. The summed E-state index contributed by atoms with van der Waals surface area (Å²) in [6.07, 6.45) is -0.0274. The van der Waals surface area contributed by atoms with Gasteiger partial charge in [0.25, 0.3) is 0 Å². The van der Waals surface area contributed by atoms with E-state index in [0.717, 1.165) is 29.9 Å². The molecule has 1 spiro atoms. The van der Waals surface area contributed by atoms with E-state index in [-0.39, 0.29) is 18.6 Å². The molecule has 1 amide bonds. The first-order chi connectivity index (χ1) is 15.6. The van der Waals surface area contributed by atoms with E-state index in [0.29, 0.717) is 49.7 Å². The van der Waals surface area contributed by atoms with E-state index >= 15 is 0 Å². The molecule has 2 aromatic rings. The number of benzene rings is 2. The normalized spacial score (nSPS) is 26.4. The third-order valence-electron chi connectivity index (χ3n) is 7.10. The van der Waals surface area contributed by atoms with Crippen LogP contribution in [0.25, 0.3) is 0 Å². The maximum absolute atomic E-state index is 14.1. The Bertz CT molecular complexity index is 1070. The Hall–Kier alpha value is -2.77. The number of nitrogens with zero attached hydrogens (tertiary/aromatic N) is 2. The van der Waals surface area contributed by atoms with Crippen molar-refractivity contribution in [2.45, 2.75) is 31.4 Å². The van der Waals surface area contributed by atoms with Crippen LogP contribution in [0.15, 0.2) is 36.4 Å². The van der Waals surface area contributed by atoms with Crippen molar-refractivity contribution >= 4 is 11.6 Å². The Kier molecular flexibility index (Phi) is 4.59. The highest BCUT2D eigenvalue weighted by Crippen LogP contribution is 2.54. The fraction of sp³-hybridized carbons (Fsp3) is 0.480. The number of para-hydroxylation sites is 1. The molecule has 7 nitrogen and oxygen atoms in total. The number of fused-ring (bicyclic) bond motifs is 5. The largest absolute Gasteiger partial charge is 0.491 e. The lowest BCUT2D eigenvalue weighted by molar-refractivity contribution is -0.123. The lowest BCUT2D eigenvalue weighted by Gasteiger charge is -2.37. The second-order valence-corrected chi connectivity index (χ2v) is 9.20. The molecule has 0 radical (unpaired) electrons. The van der Waals surface area contributed by atoms with Crippen LogP contribution >= 0.6 is 0 Å². The van der Waals surface area contributed by atoms with E-state index in [1.54, 1.807) is 0 Å². The molecule has 32 heavy (non-hydrogen) atoms. The number of carbonyl (C=O) groups is 1. The number of rotatable bonds is 3. The van der Waals surface area contributed by atoms with Crippen LogP contribution < -0.4 is 19.1 Å². The molecular weight excluding hydrogens is 408 g/mol. The summed E-state index contributed by atoms with van der Waals surface area (Å²) >= 11 is 0. The van der Waals surface area contributed by atoms with Gasteiger partial charge >= 0.3 is 0 Å². The Morgan fingerprint density at radius 1 is 1.00 bits per heavy atom. The molecule has 168 valence electrons. The van der Waals surface area contributed by atoms with Crippen LogP contribution in [0.1, 0.15) is 25.0 Å². The number of carbonyl (C=O) groups excluding carboxylic acids is 1. The summed E-state index contributed by atoms with van der Waals surface area (Å²) in [4.78, 5) is 18.4. The zero-order valence-electron chi connectivity index (χ0n) is 18.5. The van der Waals surface area contributed by atoms with Crippen molar-refractivity contribution in [2.24, 2.45) is 0 Å². The topological polar surface area (TPSA) is 60.5 Å². The summed E-state index contributed by atoms with van der Waals surface area (Å²) in [5, 5.41) is 0. The smallest absolute Gasteiger partial charge is 0.245 e. The van der Waals surface area contributed by atoms with Gasteiger partial charge in [-0.2, -0.15) is 0 Å². The van der Waals surface area contributed by atoms with Crippen LogP contribution in [0.2, 0.25) is 0 Å². The SMILES string of the molecule is CC(C)N1CCOC(CN2C(=O)C3(COc4cc5c(cc43)OCCO5)c3ccccc32)C1. The van der Waals surface area contributed by atoms with Crippen LogP contribution in [0.4, 0.5) is 5.69 Å². The average Bonchev–Trinajstić information content (AvgIpc) is 3.30. The fourth-order valence-electron chi connectivity index (χ4n) is 5.42. The molecule has 2 atom stereocenters. The summed E-state index contributed by atoms with van der Waals surface area (Å²) in [6, 6.07) is 12.3. The minimum Gasteiger partial charge on any atom is -0.491 e. The van der Waals surface area contributed by atoms with E-state index in [4.69, 9.17) is 18.9 Å². The highest BCUT2D eigenvalue weighted by molar-refractivity contribution is 6.11. The second-order valence-electron chi connectivity index (χ2n) is 9.20. The maximum Gasteiger partial charge on any atom is 0.245 e. The number of anilines is 1. The van der Waals surface area contributed by atoms with Crippen molar-refractivity contribution < 1.29 is 23.7 Å². The number of ether oxygens (including phenoxy) is 4. The predicted molar refractivity (Wildman–Crippen MR) is 119 cm³/mol. The van der Waals surface area contributed by atoms with Crippen molar-refractivity contribution in [3.63, 3.8) is 0 Å². The minimum atomic E-state index is -0.867. The molecule has 4 heterocycles. The van der Waals surface area contributed by atoms with Gasteiger partial charge in [-0.3, -0.25) is 9.69 Å². The molecule has 2 aromatic carbocycles. The predicted octanol–water partition coefficient (Wildman–Crippen LogP) is 2.59. The molecule has 6 rings (SSSR count). The van der Waals surface area contributed by atoms with Gasteiger partial charge in [0, 0.05) is 36.4 Å². The highest BCUT2D eigenvalue weighted by atomic mass is 16.6. The molecule has 4 aliphatic heterocycles. The van der Waals surface area contributed by atoms with Crippen molar-refractivity contribution in [1.29, 1.82) is 0 Å². The Morgan fingerprint density at radius 2 is 1.78 bits per heavy atom. The second kappa shape index (κ2) is 7.39. The Balaban J connectivity index is 1.38. The number of morpholine rings is 1. The summed E-state index contributed by atoms with van der Waals surface area (Å²) < 4.78 is 23.7. The lowest BCUT2D eigenvalue weighted by atomic mass is 9.77. The molecule has 0 bridgehead atoms. The third kappa shape index (κ3) is 2.84. The van der Waals surface area contributed by atoms with Gasteiger partial charge in [-0.05, 0) is 31.5 Å². The summed E-state index contributed by atoms with van der Waals surface area (Å²) in [7, 11) is 0. The molecule has 1 saturated heterocycles. The molecule has 0 N–H and O–H groups in total. The van der Waals surface area contributed by atoms with Crippen LogP contribution in [0.5, 0.6) is 17.2 Å². The Labute approximate surface area is 187 Å². The van der Waals surface area contributed by atoms with Gasteiger partial charge in [-0.1, -0.05) is 18.2 Å². The monoisotopic (exact) mass is 436 g/mol. The van der Waals surface area contributed by atoms with Gasteiger partial charge in [0.05, 0.1) is 19.3 Å². The van der Waals surface area contributed by atoms with Crippen LogP contribution in [-0.2, 0) is 14.9 Å². The molecule has 4 aliphatic rings. The van der Waals surface area contributed by atoms with Crippen molar-refractivity contribution in [2.75, 3.05) is 51.0 Å². The molecule has 2 unspecified atom stereocenters. The molecular formula is C25H28N2O5. The summed E-state index contributed by atoms with van der Waals surface area (Å²) in [5.41, 5.74) is 1.91. The van der Waals surface area contributed by atoms with E-state index in [1.807, 2.05) is 41.3 Å². The highest BCUT2D eigenvalue weighted by Gasteiger charge is 2.57. The minimum absolute atomic E-state index is 0.0274. The first-order valence-electron chi connectivity index (χ1n) is 11.4. The number of hydrogen-bond donors (Lipinski definition) is 0. The van der Waals surface area contributed by atoms with Gasteiger partial charge < -0.3 is 23.8 Å². The van der Waals surface area contributed by atoms with Gasteiger partial charge in [0.15, 0.2) is 11.5 Å². The van der Waals surface area contributed by atoms with Crippen molar-refractivity contribution in [1.82, 2.24) is 4.90 Å².